The Morgan fingerprint density at radius 1 is 1.38 bits per heavy atom. The van der Waals surface area contributed by atoms with E-state index in [9.17, 15) is 0 Å². The molecule has 0 radical (unpaired) electrons. The van der Waals surface area contributed by atoms with Crippen LogP contribution in [0.15, 0.2) is 12.2 Å². The van der Waals surface area contributed by atoms with Crippen molar-refractivity contribution in [1.29, 1.82) is 0 Å². The number of allylic oxidation sites excluding steroid dienone is 1. The Morgan fingerprint density at radius 2 is 2.31 bits per heavy atom. The van der Waals surface area contributed by atoms with Gasteiger partial charge in [0.15, 0.2) is 0 Å². The molecule has 0 aromatic carbocycles. The van der Waals surface area contributed by atoms with Crippen LogP contribution in [0.5, 0.6) is 0 Å². The Kier molecular flexibility index (Phi) is 6.38. The maximum atomic E-state index is 3.15. The Bertz CT molecular complexity index is 139. The van der Waals surface area contributed by atoms with Crippen molar-refractivity contribution < 1.29 is 0 Å². The first kappa shape index (κ1) is 11.1. The fourth-order valence-electron chi connectivity index (χ4n) is 1.59. The third-order valence-corrected chi connectivity index (χ3v) is 3.82. The fourth-order valence-corrected chi connectivity index (χ4v) is 2.87. The molecule has 1 atom stereocenters. The van der Waals surface area contributed by atoms with Crippen molar-refractivity contribution in [1.82, 2.24) is 5.32 Å². The van der Waals surface area contributed by atoms with E-state index in [-0.39, 0.29) is 0 Å². The van der Waals surface area contributed by atoms with Crippen molar-refractivity contribution in [3.63, 3.8) is 0 Å². The minimum absolute atomic E-state index is 0.916. The van der Waals surface area contributed by atoms with Gasteiger partial charge in [-0.2, -0.15) is 11.8 Å². The maximum absolute atomic E-state index is 3.15. The van der Waals surface area contributed by atoms with E-state index in [1.807, 2.05) is 7.05 Å². The molecule has 76 valence electrons. The highest BCUT2D eigenvalue weighted by atomic mass is 32.2. The number of hydrogen-bond donors (Lipinski definition) is 1. The Hall–Kier alpha value is 0.0500. The fraction of sp³-hybridized carbons (Fsp3) is 0.818. The summed E-state index contributed by atoms with van der Waals surface area (Å²) in [6.07, 6.45) is 11.4. The maximum Gasteiger partial charge on any atom is 0.00815 e. The Labute approximate surface area is 86.4 Å². The zero-order valence-corrected chi connectivity index (χ0v) is 9.41. The molecule has 1 aliphatic rings. The van der Waals surface area contributed by atoms with Gasteiger partial charge in [-0.15, -0.1) is 0 Å². The van der Waals surface area contributed by atoms with Crippen molar-refractivity contribution in [2.45, 2.75) is 37.4 Å². The number of hydrogen-bond acceptors (Lipinski definition) is 2. The van der Waals surface area contributed by atoms with Gasteiger partial charge < -0.3 is 5.32 Å². The summed E-state index contributed by atoms with van der Waals surface area (Å²) in [5.41, 5.74) is 0. The number of rotatable bonds is 5. The molecule has 13 heavy (non-hydrogen) atoms. The Morgan fingerprint density at radius 3 is 3.00 bits per heavy atom. The third kappa shape index (κ3) is 5.37. The van der Waals surface area contributed by atoms with Crippen LogP contribution in [0.2, 0.25) is 0 Å². The molecule has 1 N–H and O–H groups in total. The zero-order chi connectivity index (χ0) is 9.36. The lowest BCUT2D eigenvalue weighted by atomic mass is 10.1. The summed E-state index contributed by atoms with van der Waals surface area (Å²) in [7, 11) is 2.00. The largest absolute Gasteiger partial charge is 0.319 e. The van der Waals surface area contributed by atoms with E-state index >= 15 is 0 Å². The van der Waals surface area contributed by atoms with Crippen LogP contribution in [0.3, 0.4) is 0 Å². The van der Waals surface area contributed by atoms with E-state index in [0.717, 1.165) is 11.8 Å². The lowest BCUT2D eigenvalue weighted by Crippen LogP contribution is -2.08. The molecule has 0 aliphatic carbocycles. The third-order valence-electron chi connectivity index (χ3n) is 2.40. The van der Waals surface area contributed by atoms with Crippen LogP contribution >= 0.6 is 11.8 Å². The van der Waals surface area contributed by atoms with E-state index in [2.05, 4.69) is 29.2 Å². The standard InChI is InChI=1S/C11H21NS/c1-12-9-5-2-3-7-11-8-4-6-10-13-11/h2-3,11-12H,4-10H2,1H3/b3-2-. The molecule has 0 amide bonds. The second kappa shape index (κ2) is 7.45. The molecular weight excluding hydrogens is 178 g/mol. The summed E-state index contributed by atoms with van der Waals surface area (Å²) in [4.78, 5) is 0. The molecule has 1 fully saturated rings. The molecule has 0 spiro atoms. The molecule has 1 nitrogen and oxygen atoms in total. The van der Waals surface area contributed by atoms with Crippen LogP contribution in [-0.4, -0.2) is 24.6 Å². The number of thioether (sulfide) groups is 1. The molecule has 0 bridgehead atoms. The second-order valence-corrected chi connectivity index (χ2v) is 5.00. The molecule has 2 heteroatoms. The topological polar surface area (TPSA) is 12.0 Å². The summed E-state index contributed by atoms with van der Waals surface area (Å²) in [5, 5.41) is 4.07. The van der Waals surface area contributed by atoms with Gasteiger partial charge in [0.05, 0.1) is 0 Å². The predicted octanol–water partition coefficient (Wildman–Crippen LogP) is 2.83. The lowest BCUT2D eigenvalue weighted by molar-refractivity contribution is 0.667. The van der Waals surface area contributed by atoms with E-state index in [0.29, 0.717) is 0 Å². The molecular formula is C11H21NS. The Balaban J connectivity index is 2.00. The van der Waals surface area contributed by atoms with Crippen LogP contribution in [0, 0.1) is 0 Å². The average molecular weight is 199 g/mol. The van der Waals surface area contributed by atoms with Gasteiger partial charge in [0.25, 0.3) is 0 Å². The molecule has 1 aliphatic heterocycles. The monoisotopic (exact) mass is 199 g/mol. The molecule has 1 saturated heterocycles. The van der Waals surface area contributed by atoms with Crippen LogP contribution < -0.4 is 5.32 Å². The molecule has 1 unspecified atom stereocenters. The average Bonchev–Trinajstić information content (AvgIpc) is 2.19. The van der Waals surface area contributed by atoms with Gasteiger partial charge in [-0.3, -0.25) is 0 Å². The van der Waals surface area contributed by atoms with Crippen LogP contribution in [0.25, 0.3) is 0 Å². The minimum Gasteiger partial charge on any atom is -0.319 e. The molecule has 1 heterocycles. The smallest absolute Gasteiger partial charge is 0.00815 e. The summed E-state index contributed by atoms with van der Waals surface area (Å²) in [5.74, 6) is 1.38. The summed E-state index contributed by atoms with van der Waals surface area (Å²) >= 11 is 2.16. The van der Waals surface area contributed by atoms with Crippen LogP contribution in [0.1, 0.15) is 32.1 Å². The first-order chi connectivity index (χ1) is 6.43. The van der Waals surface area contributed by atoms with Crippen molar-refractivity contribution >= 4 is 11.8 Å². The van der Waals surface area contributed by atoms with Crippen molar-refractivity contribution in [3.8, 4) is 0 Å². The van der Waals surface area contributed by atoms with Gasteiger partial charge in [0.2, 0.25) is 0 Å². The van der Waals surface area contributed by atoms with Crippen LogP contribution in [-0.2, 0) is 0 Å². The van der Waals surface area contributed by atoms with Gasteiger partial charge in [0, 0.05) is 5.25 Å². The molecule has 1 rings (SSSR count). The van der Waals surface area contributed by atoms with Gasteiger partial charge in [0.1, 0.15) is 0 Å². The minimum atomic E-state index is 0.916. The second-order valence-electron chi connectivity index (χ2n) is 3.59. The van der Waals surface area contributed by atoms with Crippen molar-refractivity contribution in [2.75, 3.05) is 19.3 Å². The molecule has 0 aromatic heterocycles. The van der Waals surface area contributed by atoms with Crippen molar-refractivity contribution in [3.05, 3.63) is 12.2 Å². The zero-order valence-electron chi connectivity index (χ0n) is 8.59. The van der Waals surface area contributed by atoms with E-state index in [1.54, 1.807) is 0 Å². The summed E-state index contributed by atoms with van der Waals surface area (Å²) in [6.45, 7) is 1.11. The first-order valence-electron chi connectivity index (χ1n) is 5.34. The van der Waals surface area contributed by atoms with Gasteiger partial charge in [-0.05, 0) is 45.0 Å². The van der Waals surface area contributed by atoms with Crippen LogP contribution in [0.4, 0.5) is 0 Å². The van der Waals surface area contributed by atoms with Gasteiger partial charge in [-0.1, -0.05) is 18.6 Å². The lowest BCUT2D eigenvalue weighted by Gasteiger charge is -2.19. The highest BCUT2D eigenvalue weighted by Crippen LogP contribution is 2.27. The summed E-state index contributed by atoms with van der Waals surface area (Å²) < 4.78 is 0. The molecule has 0 saturated carbocycles. The SMILES string of the molecule is CNCC/C=C\CC1CCCCS1. The van der Waals surface area contributed by atoms with Crippen molar-refractivity contribution in [2.24, 2.45) is 0 Å². The normalized spacial score (nSPS) is 23.9. The van der Waals surface area contributed by atoms with E-state index in [1.165, 1.54) is 37.9 Å². The van der Waals surface area contributed by atoms with E-state index in [4.69, 9.17) is 0 Å². The highest BCUT2D eigenvalue weighted by Gasteiger charge is 2.11. The molecule has 0 aromatic rings. The quantitative estimate of drug-likeness (QED) is 0.540. The first-order valence-corrected chi connectivity index (χ1v) is 6.39. The van der Waals surface area contributed by atoms with E-state index < -0.39 is 0 Å². The highest BCUT2D eigenvalue weighted by molar-refractivity contribution is 7.99. The van der Waals surface area contributed by atoms with Gasteiger partial charge >= 0.3 is 0 Å². The predicted molar refractivity (Wildman–Crippen MR) is 62.4 cm³/mol. The summed E-state index contributed by atoms with van der Waals surface area (Å²) in [6, 6.07) is 0. The number of nitrogens with one attached hydrogen (secondary N) is 1. The van der Waals surface area contributed by atoms with Gasteiger partial charge in [-0.25, -0.2) is 0 Å².